The number of halogens is 3. The van der Waals surface area contributed by atoms with E-state index in [0.717, 1.165) is 29.2 Å². The lowest BCUT2D eigenvalue weighted by Gasteiger charge is -2.28. The van der Waals surface area contributed by atoms with Gasteiger partial charge in [-0.05, 0) is 61.3 Å². The van der Waals surface area contributed by atoms with Crippen molar-refractivity contribution in [1.82, 2.24) is 10.2 Å². The quantitative estimate of drug-likeness (QED) is 0.673. The van der Waals surface area contributed by atoms with Crippen molar-refractivity contribution in [2.24, 2.45) is 0 Å². The highest BCUT2D eigenvalue weighted by atomic mass is 35.5. The molecule has 1 amide bonds. The van der Waals surface area contributed by atoms with Crippen molar-refractivity contribution in [3.05, 3.63) is 64.7 Å². The molecular weight excluding hydrogens is 405 g/mol. The van der Waals surface area contributed by atoms with Gasteiger partial charge in [0.2, 0.25) is 5.91 Å². The summed E-state index contributed by atoms with van der Waals surface area (Å²) >= 11 is 6.16. The lowest BCUT2D eigenvalue weighted by atomic mass is 10.1. The molecule has 2 aromatic rings. The SMILES string of the molecule is Cl.Cl.Nc1ccc(CC(=O)NCC(c2cccc(Cl)c2)N2CCCC2)cc1. The largest absolute Gasteiger partial charge is 0.399 e. The van der Waals surface area contributed by atoms with Crippen LogP contribution < -0.4 is 11.1 Å². The first-order valence-corrected chi connectivity index (χ1v) is 9.10. The van der Waals surface area contributed by atoms with Gasteiger partial charge in [0, 0.05) is 17.3 Å². The van der Waals surface area contributed by atoms with Crippen LogP contribution in [0.3, 0.4) is 0 Å². The number of nitrogen functional groups attached to an aromatic ring is 1. The summed E-state index contributed by atoms with van der Waals surface area (Å²) in [6.45, 7) is 2.71. The third-order valence-electron chi connectivity index (χ3n) is 4.65. The highest BCUT2D eigenvalue weighted by molar-refractivity contribution is 6.30. The van der Waals surface area contributed by atoms with Crippen LogP contribution in [0.5, 0.6) is 0 Å². The molecule has 0 saturated carbocycles. The van der Waals surface area contributed by atoms with Gasteiger partial charge in [0.05, 0.1) is 12.5 Å². The van der Waals surface area contributed by atoms with Crippen molar-refractivity contribution in [2.45, 2.75) is 25.3 Å². The van der Waals surface area contributed by atoms with Gasteiger partial charge in [0.25, 0.3) is 0 Å². The zero-order valence-corrected chi connectivity index (χ0v) is 17.5. The zero-order chi connectivity index (χ0) is 17.6. The van der Waals surface area contributed by atoms with Crippen LogP contribution in [-0.2, 0) is 11.2 Å². The molecule has 1 aliphatic rings. The fourth-order valence-electron chi connectivity index (χ4n) is 3.32. The Balaban J connectivity index is 0.00000182. The average Bonchev–Trinajstić information content (AvgIpc) is 3.12. The number of amides is 1. The van der Waals surface area contributed by atoms with E-state index in [9.17, 15) is 4.79 Å². The molecular formula is C20H26Cl3N3O. The molecule has 2 aromatic carbocycles. The number of carbonyl (C=O) groups is 1. The van der Waals surface area contributed by atoms with E-state index in [2.05, 4.69) is 16.3 Å². The van der Waals surface area contributed by atoms with Gasteiger partial charge in [0.1, 0.15) is 0 Å². The Kier molecular flexibility index (Phi) is 9.95. The summed E-state index contributed by atoms with van der Waals surface area (Å²) in [6.07, 6.45) is 2.77. The van der Waals surface area contributed by atoms with E-state index in [4.69, 9.17) is 17.3 Å². The zero-order valence-electron chi connectivity index (χ0n) is 15.1. The van der Waals surface area contributed by atoms with Gasteiger partial charge >= 0.3 is 0 Å². The summed E-state index contributed by atoms with van der Waals surface area (Å²) in [6, 6.07) is 15.5. The van der Waals surface area contributed by atoms with Gasteiger partial charge in [-0.25, -0.2) is 0 Å². The predicted molar refractivity (Wildman–Crippen MR) is 117 cm³/mol. The van der Waals surface area contributed by atoms with Crippen molar-refractivity contribution in [3.8, 4) is 0 Å². The minimum Gasteiger partial charge on any atom is -0.399 e. The Morgan fingerprint density at radius 1 is 1.11 bits per heavy atom. The summed E-state index contributed by atoms with van der Waals surface area (Å²) in [7, 11) is 0. The first-order chi connectivity index (χ1) is 12.1. The number of hydrogen-bond donors (Lipinski definition) is 2. The fraction of sp³-hybridized carbons (Fsp3) is 0.350. The summed E-state index contributed by atoms with van der Waals surface area (Å²) in [5, 5.41) is 3.82. The minimum absolute atomic E-state index is 0. The van der Waals surface area contributed by atoms with Gasteiger partial charge < -0.3 is 11.1 Å². The van der Waals surface area contributed by atoms with E-state index >= 15 is 0 Å². The van der Waals surface area contributed by atoms with E-state index in [0.29, 0.717) is 18.7 Å². The van der Waals surface area contributed by atoms with Crippen molar-refractivity contribution >= 4 is 48.0 Å². The molecule has 0 aliphatic carbocycles. The predicted octanol–water partition coefficient (Wildman–Crippen LogP) is 4.26. The molecule has 1 aliphatic heterocycles. The highest BCUT2D eigenvalue weighted by Gasteiger charge is 2.24. The molecule has 148 valence electrons. The van der Waals surface area contributed by atoms with Crippen LogP contribution in [0.1, 0.15) is 30.0 Å². The van der Waals surface area contributed by atoms with Crippen LogP contribution in [0.2, 0.25) is 5.02 Å². The maximum atomic E-state index is 12.3. The maximum absolute atomic E-state index is 12.3. The Hall–Kier alpha value is -1.46. The highest BCUT2D eigenvalue weighted by Crippen LogP contribution is 2.26. The minimum atomic E-state index is 0. The number of rotatable bonds is 6. The molecule has 27 heavy (non-hydrogen) atoms. The van der Waals surface area contributed by atoms with E-state index in [1.54, 1.807) is 0 Å². The van der Waals surface area contributed by atoms with E-state index < -0.39 is 0 Å². The average molecular weight is 431 g/mol. The standard InChI is InChI=1S/C20H24ClN3O.2ClH/c21-17-5-3-4-16(13-17)19(24-10-1-2-11-24)14-23-20(25)12-15-6-8-18(22)9-7-15;;/h3-9,13,19H,1-2,10-12,14,22H2,(H,23,25);2*1H. The molecule has 7 heteroatoms. The van der Waals surface area contributed by atoms with Gasteiger partial charge in [-0.2, -0.15) is 0 Å². The van der Waals surface area contributed by atoms with Crippen LogP contribution in [0.4, 0.5) is 5.69 Å². The first-order valence-electron chi connectivity index (χ1n) is 8.72. The number of benzene rings is 2. The van der Waals surface area contributed by atoms with E-state index in [1.165, 1.54) is 12.8 Å². The van der Waals surface area contributed by atoms with Crippen LogP contribution in [0.15, 0.2) is 48.5 Å². The van der Waals surface area contributed by atoms with Crippen molar-refractivity contribution in [2.75, 3.05) is 25.4 Å². The number of likely N-dealkylation sites (tertiary alicyclic amines) is 1. The second-order valence-corrected chi connectivity index (χ2v) is 6.97. The monoisotopic (exact) mass is 429 g/mol. The third kappa shape index (κ3) is 6.89. The van der Waals surface area contributed by atoms with Crippen molar-refractivity contribution in [3.63, 3.8) is 0 Å². The molecule has 0 bridgehead atoms. The van der Waals surface area contributed by atoms with Gasteiger partial charge in [-0.15, -0.1) is 24.8 Å². The molecule has 1 atom stereocenters. The molecule has 4 nitrogen and oxygen atoms in total. The number of nitrogens with zero attached hydrogens (tertiary/aromatic N) is 1. The normalized spacial score (nSPS) is 14.7. The second-order valence-electron chi connectivity index (χ2n) is 6.54. The first kappa shape index (κ1) is 23.6. The fourth-order valence-corrected chi connectivity index (χ4v) is 3.52. The number of nitrogens with one attached hydrogen (secondary N) is 1. The van der Waals surface area contributed by atoms with Crippen LogP contribution in [-0.4, -0.2) is 30.4 Å². The van der Waals surface area contributed by atoms with Gasteiger partial charge in [-0.3, -0.25) is 9.69 Å². The molecule has 3 N–H and O–H groups in total. The van der Waals surface area contributed by atoms with Crippen LogP contribution >= 0.6 is 36.4 Å². The summed E-state index contributed by atoms with van der Waals surface area (Å²) in [5.41, 5.74) is 8.51. The second kappa shape index (κ2) is 11.4. The maximum Gasteiger partial charge on any atom is 0.224 e. The Bertz CT molecular complexity index is 719. The molecule has 3 rings (SSSR count). The molecule has 0 spiro atoms. The van der Waals surface area contributed by atoms with Gasteiger partial charge in [-0.1, -0.05) is 35.9 Å². The number of nitrogens with two attached hydrogens (primary N) is 1. The van der Waals surface area contributed by atoms with Crippen LogP contribution in [0.25, 0.3) is 0 Å². The lowest BCUT2D eigenvalue weighted by molar-refractivity contribution is -0.120. The van der Waals surface area contributed by atoms with Crippen molar-refractivity contribution in [1.29, 1.82) is 0 Å². The van der Waals surface area contributed by atoms with Crippen LogP contribution in [0, 0.1) is 0 Å². The third-order valence-corrected chi connectivity index (χ3v) is 4.89. The summed E-state index contributed by atoms with van der Waals surface area (Å²) < 4.78 is 0. The molecule has 0 radical (unpaired) electrons. The van der Waals surface area contributed by atoms with Crippen molar-refractivity contribution < 1.29 is 4.79 Å². The molecule has 1 unspecified atom stereocenters. The molecule has 1 heterocycles. The molecule has 1 saturated heterocycles. The summed E-state index contributed by atoms with van der Waals surface area (Å²) in [5.74, 6) is 0.0241. The Labute approximate surface area is 178 Å². The smallest absolute Gasteiger partial charge is 0.224 e. The summed E-state index contributed by atoms with van der Waals surface area (Å²) in [4.78, 5) is 14.8. The van der Waals surface area contributed by atoms with E-state index in [-0.39, 0.29) is 36.8 Å². The van der Waals surface area contributed by atoms with Gasteiger partial charge in [0.15, 0.2) is 0 Å². The Morgan fingerprint density at radius 2 is 1.78 bits per heavy atom. The number of anilines is 1. The number of hydrogen-bond acceptors (Lipinski definition) is 3. The molecule has 1 fully saturated rings. The van der Waals surface area contributed by atoms with E-state index in [1.807, 2.05) is 42.5 Å². The topological polar surface area (TPSA) is 58.4 Å². The lowest BCUT2D eigenvalue weighted by Crippen LogP contribution is -2.37. The molecule has 0 aromatic heterocycles. The number of carbonyl (C=O) groups excluding carboxylic acids is 1. The Morgan fingerprint density at radius 3 is 2.41 bits per heavy atom.